The summed E-state index contributed by atoms with van der Waals surface area (Å²) in [5.74, 6) is 0.688. The molecule has 0 unspecified atom stereocenters. The number of hydrogen-bond acceptors (Lipinski definition) is 4. The van der Waals surface area contributed by atoms with Crippen LogP contribution in [0.5, 0.6) is 5.75 Å². The van der Waals surface area contributed by atoms with E-state index < -0.39 is 0 Å². The predicted molar refractivity (Wildman–Crippen MR) is 102 cm³/mol. The summed E-state index contributed by atoms with van der Waals surface area (Å²) >= 11 is 1.83. The highest BCUT2D eigenvalue weighted by atomic mass is 32.1. The average molecular weight is 359 g/mol. The number of ether oxygens (including phenoxy) is 1. The first kappa shape index (κ1) is 18.0. The Labute approximate surface area is 153 Å². The fourth-order valence-corrected chi connectivity index (χ4v) is 4.70. The number of benzene rings is 1. The molecule has 4 nitrogen and oxygen atoms in total. The second kappa shape index (κ2) is 8.02. The Hall–Kier alpha value is -1.85. The first-order valence-electron chi connectivity index (χ1n) is 8.79. The van der Waals surface area contributed by atoms with Crippen molar-refractivity contribution in [1.29, 1.82) is 0 Å². The van der Waals surface area contributed by atoms with Crippen LogP contribution in [0.4, 0.5) is 0 Å². The van der Waals surface area contributed by atoms with Gasteiger partial charge in [0.05, 0.1) is 5.54 Å². The van der Waals surface area contributed by atoms with E-state index >= 15 is 0 Å². The minimum Gasteiger partial charge on any atom is -0.484 e. The van der Waals surface area contributed by atoms with Crippen LogP contribution in [0.1, 0.15) is 30.6 Å². The summed E-state index contributed by atoms with van der Waals surface area (Å²) in [6, 6.07) is 14.1. The summed E-state index contributed by atoms with van der Waals surface area (Å²) in [6.07, 6.45) is 4.11. The Kier molecular flexibility index (Phi) is 5.76. The van der Waals surface area contributed by atoms with Gasteiger partial charge in [-0.05, 0) is 63.4 Å². The van der Waals surface area contributed by atoms with Crippen molar-refractivity contribution >= 4 is 17.2 Å². The molecule has 1 amide bonds. The van der Waals surface area contributed by atoms with Gasteiger partial charge in [-0.3, -0.25) is 9.69 Å². The fourth-order valence-electron chi connectivity index (χ4n) is 3.63. The Balaban J connectivity index is 1.51. The number of amides is 1. The maximum atomic E-state index is 12.2. The number of carbonyl (C=O) groups excluding carboxylic acids is 1. The number of rotatable bonds is 6. The van der Waals surface area contributed by atoms with Gasteiger partial charge in [0, 0.05) is 10.9 Å². The molecule has 1 N–H and O–H groups in total. The van der Waals surface area contributed by atoms with Gasteiger partial charge in [0.2, 0.25) is 0 Å². The predicted octanol–water partition coefficient (Wildman–Crippen LogP) is 3.64. The van der Waals surface area contributed by atoms with E-state index in [9.17, 15) is 4.79 Å². The van der Waals surface area contributed by atoms with Crippen LogP contribution in [-0.2, 0) is 10.3 Å². The molecule has 1 aromatic carbocycles. The van der Waals surface area contributed by atoms with Crippen LogP contribution < -0.4 is 10.1 Å². The van der Waals surface area contributed by atoms with Crippen LogP contribution in [0.25, 0.3) is 0 Å². The van der Waals surface area contributed by atoms with Crippen LogP contribution in [-0.4, -0.2) is 37.6 Å². The standard InChI is InChI=1S/C20H26N2O2S/c1-22(2)20(18-9-6-14-25-18)12-10-16(11-13-20)21-19(23)15-24-17-7-4-3-5-8-17/h3-9,14,16H,10-13,15H2,1-2H3,(H,21,23). The minimum absolute atomic E-state index is 0.0395. The second-order valence-corrected chi connectivity index (χ2v) is 7.79. The van der Waals surface area contributed by atoms with E-state index in [1.54, 1.807) is 0 Å². The van der Waals surface area contributed by atoms with Gasteiger partial charge in [0.15, 0.2) is 6.61 Å². The molecular formula is C20H26N2O2S. The average Bonchev–Trinajstić information content (AvgIpc) is 3.16. The molecule has 1 aliphatic rings. The Bertz CT molecular complexity index is 662. The van der Waals surface area contributed by atoms with Crippen molar-refractivity contribution < 1.29 is 9.53 Å². The zero-order valence-electron chi connectivity index (χ0n) is 14.9. The van der Waals surface area contributed by atoms with Crippen LogP contribution in [0, 0.1) is 0 Å². The number of nitrogens with zero attached hydrogens (tertiary/aromatic N) is 1. The molecule has 2 aromatic rings. The van der Waals surface area contributed by atoms with E-state index in [-0.39, 0.29) is 24.1 Å². The molecule has 3 rings (SSSR count). The highest BCUT2D eigenvalue weighted by Crippen LogP contribution is 2.42. The molecule has 1 saturated carbocycles. The largest absolute Gasteiger partial charge is 0.484 e. The maximum absolute atomic E-state index is 12.2. The van der Waals surface area contributed by atoms with Crippen molar-refractivity contribution in [3.05, 3.63) is 52.7 Å². The van der Waals surface area contributed by atoms with Gasteiger partial charge in [-0.2, -0.15) is 0 Å². The third kappa shape index (κ3) is 4.22. The monoisotopic (exact) mass is 358 g/mol. The molecule has 0 spiro atoms. The first-order chi connectivity index (χ1) is 12.1. The molecule has 1 fully saturated rings. The quantitative estimate of drug-likeness (QED) is 0.857. The van der Waals surface area contributed by atoms with E-state index in [4.69, 9.17) is 4.74 Å². The minimum atomic E-state index is -0.0395. The summed E-state index contributed by atoms with van der Waals surface area (Å²) in [4.78, 5) is 15.9. The third-order valence-electron chi connectivity index (χ3n) is 5.13. The van der Waals surface area contributed by atoms with Crippen molar-refractivity contribution in [2.45, 2.75) is 37.3 Å². The molecule has 1 heterocycles. The Morgan fingerprint density at radius 3 is 2.52 bits per heavy atom. The lowest BCUT2D eigenvalue weighted by Gasteiger charge is -2.44. The zero-order chi connectivity index (χ0) is 17.7. The number of thiophene rings is 1. The zero-order valence-corrected chi connectivity index (χ0v) is 15.7. The van der Waals surface area contributed by atoms with Gasteiger partial charge in [0.1, 0.15) is 5.75 Å². The normalized spacial score (nSPS) is 23.4. The molecule has 1 aromatic heterocycles. The number of carbonyl (C=O) groups is 1. The summed E-state index contributed by atoms with van der Waals surface area (Å²) in [6.45, 7) is 0.0737. The smallest absolute Gasteiger partial charge is 0.258 e. The SMILES string of the molecule is CN(C)C1(c2cccs2)CCC(NC(=O)COc2ccccc2)CC1. The van der Waals surface area contributed by atoms with Crippen molar-refractivity contribution in [1.82, 2.24) is 10.2 Å². The van der Waals surface area contributed by atoms with Gasteiger partial charge >= 0.3 is 0 Å². The van der Waals surface area contributed by atoms with Crippen LogP contribution >= 0.6 is 11.3 Å². The topological polar surface area (TPSA) is 41.6 Å². The highest BCUT2D eigenvalue weighted by Gasteiger charge is 2.39. The third-order valence-corrected chi connectivity index (χ3v) is 6.19. The fraction of sp³-hybridized carbons (Fsp3) is 0.450. The molecule has 5 heteroatoms. The van der Waals surface area contributed by atoms with Gasteiger partial charge in [-0.1, -0.05) is 24.3 Å². The van der Waals surface area contributed by atoms with Crippen molar-refractivity contribution in [3.8, 4) is 5.75 Å². The molecule has 1 aliphatic carbocycles. The van der Waals surface area contributed by atoms with E-state index in [2.05, 4.69) is 41.8 Å². The van der Waals surface area contributed by atoms with Gasteiger partial charge in [-0.25, -0.2) is 0 Å². The van der Waals surface area contributed by atoms with E-state index in [1.165, 1.54) is 4.88 Å². The summed E-state index contributed by atoms with van der Waals surface area (Å²) in [7, 11) is 4.32. The Morgan fingerprint density at radius 1 is 1.20 bits per heavy atom. The molecule has 0 bridgehead atoms. The summed E-state index contributed by atoms with van der Waals surface area (Å²) < 4.78 is 5.53. The van der Waals surface area contributed by atoms with E-state index in [0.717, 1.165) is 31.4 Å². The van der Waals surface area contributed by atoms with Gasteiger partial charge in [0.25, 0.3) is 5.91 Å². The van der Waals surface area contributed by atoms with Crippen LogP contribution in [0.2, 0.25) is 0 Å². The van der Waals surface area contributed by atoms with Crippen molar-refractivity contribution in [3.63, 3.8) is 0 Å². The van der Waals surface area contributed by atoms with Gasteiger partial charge in [-0.15, -0.1) is 11.3 Å². The van der Waals surface area contributed by atoms with Crippen molar-refractivity contribution in [2.24, 2.45) is 0 Å². The van der Waals surface area contributed by atoms with E-state index in [1.807, 2.05) is 41.7 Å². The molecule has 134 valence electrons. The maximum Gasteiger partial charge on any atom is 0.258 e. The second-order valence-electron chi connectivity index (χ2n) is 6.85. The molecule has 0 radical (unpaired) electrons. The number of hydrogen-bond donors (Lipinski definition) is 1. The van der Waals surface area contributed by atoms with Crippen LogP contribution in [0.15, 0.2) is 47.8 Å². The van der Waals surface area contributed by atoms with Crippen molar-refractivity contribution in [2.75, 3.05) is 20.7 Å². The highest BCUT2D eigenvalue weighted by molar-refractivity contribution is 7.10. The lowest BCUT2D eigenvalue weighted by Crippen LogP contribution is -2.48. The van der Waals surface area contributed by atoms with E-state index in [0.29, 0.717) is 0 Å². The summed E-state index contributed by atoms with van der Waals surface area (Å²) in [5, 5.41) is 5.28. The van der Waals surface area contributed by atoms with Gasteiger partial charge < -0.3 is 10.1 Å². The molecule has 0 aliphatic heterocycles. The first-order valence-corrected chi connectivity index (χ1v) is 9.67. The lowest BCUT2D eigenvalue weighted by molar-refractivity contribution is -0.124. The molecule has 0 atom stereocenters. The molecular weight excluding hydrogens is 332 g/mol. The summed E-state index contributed by atoms with van der Waals surface area (Å²) in [5.41, 5.74) is 0.107. The van der Waals surface area contributed by atoms with Crippen LogP contribution in [0.3, 0.4) is 0 Å². The molecule has 25 heavy (non-hydrogen) atoms. The lowest BCUT2D eigenvalue weighted by atomic mass is 9.77. The Morgan fingerprint density at radius 2 is 1.92 bits per heavy atom. The number of para-hydroxylation sites is 1. The number of nitrogens with one attached hydrogen (secondary N) is 1. The molecule has 0 saturated heterocycles.